The molecule has 0 aromatic heterocycles. The summed E-state index contributed by atoms with van der Waals surface area (Å²) >= 11 is 0. The van der Waals surface area contributed by atoms with Gasteiger partial charge in [0.25, 0.3) is 0 Å². The Hall–Kier alpha value is -2.18. The summed E-state index contributed by atoms with van der Waals surface area (Å²) in [5.41, 5.74) is -0.899. The number of alkyl carbamates (subject to hydrolysis) is 1. The molecule has 0 saturated carbocycles. The number of carboxylic acids is 1. The Morgan fingerprint density at radius 2 is 1.95 bits per heavy atom. The minimum Gasteiger partial charge on any atom is -0.481 e. The number of aliphatic carboxylic acids is 1. The van der Waals surface area contributed by atoms with Crippen LogP contribution in [0, 0.1) is 11.6 Å². The van der Waals surface area contributed by atoms with Crippen molar-refractivity contribution in [3.63, 3.8) is 0 Å². The maximum absolute atomic E-state index is 13.7. The van der Waals surface area contributed by atoms with Gasteiger partial charge in [0.1, 0.15) is 17.2 Å². The molecular formula is C14H17F2NO4. The fraction of sp³-hybridized carbons (Fsp3) is 0.429. The van der Waals surface area contributed by atoms with Crippen LogP contribution in [-0.4, -0.2) is 22.8 Å². The van der Waals surface area contributed by atoms with Crippen molar-refractivity contribution in [2.45, 2.75) is 38.8 Å². The van der Waals surface area contributed by atoms with Crippen LogP contribution in [0.5, 0.6) is 0 Å². The first-order chi connectivity index (χ1) is 9.58. The first kappa shape index (κ1) is 16.9. The molecule has 116 valence electrons. The SMILES string of the molecule is CC(C)(C)OC(=O)N[C@H](CC(=O)O)c1ccc(F)cc1F. The van der Waals surface area contributed by atoms with E-state index in [0.717, 1.165) is 12.1 Å². The summed E-state index contributed by atoms with van der Waals surface area (Å²) in [6.07, 6.45) is -1.43. The minimum absolute atomic E-state index is 0.121. The number of nitrogens with one attached hydrogen (secondary N) is 1. The van der Waals surface area contributed by atoms with Crippen molar-refractivity contribution in [1.29, 1.82) is 0 Å². The fourth-order valence-corrected chi connectivity index (χ4v) is 1.65. The first-order valence-electron chi connectivity index (χ1n) is 6.25. The number of benzene rings is 1. The number of hydrogen-bond donors (Lipinski definition) is 2. The summed E-state index contributed by atoms with van der Waals surface area (Å²) < 4.78 is 31.6. The molecule has 0 heterocycles. The van der Waals surface area contributed by atoms with Crippen molar-refractivity contribution >= 4 is 12.1 Å². The monoisotopic (exact) mass is 301 g/mol. The van der Waals surface area contributed by atoms with Crippen LogP contribution in [0.1, 0.15) is 38.8 Å². The van der Waals surface area contributed by atoms with Gasteiger partial charge in [-0.3, -0.25) is 4.79 Å². The van der Waals surface area contributed by atoms with Gasteiger partial charge in [0, 0.05) is 11.6 Å². The van der Waals surface area contributed by atoms with E-state index >= 15 is 0 Å². The number of amides is 1. The quantitative estimate of drug-likeness (QED) is 0.896. The Bertz CT molecular complexity index is 540. The van der Waals surface area contributed by atoms with E-state index in [1.165, 1.54) is 0 Å². The first-order valence-corrected chi connectivity index (χ1v) is 6.25. The van der Waals surface area contributed by atoms with Crippen molar-refractivity contribution in [1.82, 2.24) is 5.32 Å². The Labute approximate surface area is 120 Å². The molecule has 0 bridgehead atoms. The third-order valence-electron chi connectivity index (χ3n) is 2.41. The van der Waals surface area contributed by atoms with E-state index in [1.807, 2.05) is 0 Å². The maximum Gasteiger partial charge on any atom is 0.408 e. The standard InChI is InChI=1S/C14H17F2NO4/c1-14(2,3)21-13(20)17-11(7-12(18)19)9-5-4-8(15)6-10(9)16/h4-6,11H,7H2,1-3H3,(H,17,20)(H,18,19)/t11-/m1/s1. The molecule has 0 spiro atoms. The van der Waals surface area contributed by atoms with Gasteiger partial charge >= 0.3 is 12.1 Å². The van der Waals surface area contributed by atoms with E-state index in [9.17, 15) is 18.4 Å². The topological polar surface area (TPSA) is 75.6 Å². The zero-order valence-corrected chi connectivity index (χ0v) is 11.9. The van der Waals surface area contributed by atoms with Gasteiger partial charge in [-0.25, -0.2) is 13.6 Å². The number of rotatable bonds is 4. The molecule has 0 fully saturated rings. The molecule has 0 radical (unpaired) electrons. The average molecular weight is 301 g/mol. The molecular weight excluding hydrogens is 284 g/mol. The summed E-state index contributed by atoms with van der Waals surface area (Å²) in [4.78, 5) is 22.5. The second-order valence-corrected chi connectivity index (χ2v) is 5.46. The predicted molar refractivity (Wildman–Crippen MR) is 70.7 cm³/mol. The van der Waals surface area contributed by atoms with E-state index in [1.54, 1.807) is 20.8 Å². The van der Waals surface area contributed by atoms with Crippen molar-refractivity contribution in [2.24, 2.45) is 0 Å². The largest absolute Gasteiger partial charge is 0.481 e. The van der Waals surface area contributed by atoms with Crippen LogP contribution in [0.25, 0.3) is 0 Å². The predicted octanol–water partition coefficient (Wildman–Crippen LogP) is 3.01. The lowest BCUT2D eigenvalue weighted by atomic mass is 10.0. The van der Waals surface area contributed by atoms with E-state index in [-0.39, 0.29) is 5.56 Å². The van der Waals surface area contributed by atoms with Crippen LogP contribution < -0.4 is 5.32 Å². The summed E-state index contributed by atoms with van der Waals surface area (Å²) in [7, 11) is 0. The third kappa shape index (κ3) is 5.76. The molecule has 1 amide bonds. The number of carboxylic acid groups (broad SMARTS) is 1. The number of ether oxygens (including phenoxy) is 1. The Morgan fingerprint density at radius 3 is 2.43 bits per heavy atom. The van der Waals surface area contributed by atoms with Crippen LogP contribution in [0.15, 0.2) is 18.2 Å². The molecule has 21 heavy (non-hydrogen) atoms. The average Bonchev–Trinajstić information content (AvgIpc) is 2.24. The molecule has 1 aromatic rings. The zero-order chi connectivity index (χ0) is 16.2. The van der Waals surface area contributed by atoms with Gasteiger partial charge in [0.15, 0.2) is 0 Å². The lowest BCUT2D eigenvalue weighted by molar-refractivity contribution is -0.137. The van der Waals surface area contributed by atoms with Crippen LogP contribution >= 0.6 is 0 Å². The lowest BCUT2D eigenvalue weighted by Gasteiger charge is -2.23. The normalized spacial score (nSPS) is 12.6. The summed E-state index contributed by atoms with van der Waals surface area (Å²) in [5, 5.41) is 11.1. The van der Waals surface area contributed by atoms with Crippen molar-refractivity contribution in [2.75, 3.05) is 0 Å². The highest BCUT2D eigenvalue weighted by Crippen LogP contribution is 2.22. The molecule has 1 rings (SSSR count). The van der Waals surface area contributed by atoms with Crippen molar-refractivity contribution < 1.29 is 28.2 Å². The van der Waals surface area contributed by atoms with E-state index in [4.69, 9.17) is 9.84 Å². The van der Waals surface area contributed by atoms with Crippen LogP contribution in [0.3, 0.4) is 0 Å². The Balaban J connectivity index is 2.95. The summed E-state index contributed by atoms with van der Waals surface area (Å²) in [5.74, 6) is -2.96. The van der Waals surface area contributed by atoms with Gasteiger partial charge in [-0.2, -0.15) is 0 Å². The van der Waals surface area contributed by atoms with Gasteiger partial charge in [0.05, 0.1) is 12.5 Å². The van der Waals surface area contributed by atoms with Gasteiger partial charge in [0.2, 0.25) is 0 Å². The molecule has 0 aliphatic rings. The molecule has 0 unspecified atom stereocenters. The highest BCUT2D eigenvalue weighted by molar-refractivity contribution is 5.72. The molecule has 0 aliphatic carbocycles. The Morgan fingerprint density at radius 1 is 1.33 bits per heavy atom. The highest BCUT2D eigenvalue weighted by atomic mass is 19.1. The van der Waals surface area contributed by atoms with Gasteiger partial charge in [-0.05, 0) is 26.8 Å². The van der Waals surface area contributed by atoms with E-state index < -0.39 is 41.8 Å². The second-order valence-electron chi connectivity index (χ2n) is 5.46. The second kappa shape index (κ2) is 6.51. The fourth-order valence-electron chi connectivity index (χ4n) is 1.65. The van der Waals surface area contributed by atoms with Crippen molar-refractivity contribution in [3.05, 3.63) is 35.4 Å². The minimum atomic E-state index is -1.24. The summed E-state index contributed by atoms with van der Waals surface area (Å²) in [6.45, 7) is 4.91. The smallest absolute Gasteiger partial charge is 0.408 e. The molecule has 1 atom stereocenters. The van der Waals surface area contributed by atoms with E-state index in [2.05, 4.69) is 5.32 Å². The number of carbonyl (C=O) groups is 2. The van der Waals surface area contributed by atoms with Gasteiger partial charge in [-0.1, -0.05) is 6.07 Å². The highest BCUT2D eigenvalue weighted by Gasteiger charge is 2.24. The molecule has 5 nitrogen and oxygen atoms in total. The molecule has 1 aromatic carbocycles. The van der Waals surface area contributed by atoms with Crippen molar-refractivity contribution in [3.8, 4) is 0 Å². The number of halogens is 2. The van der Waals surface area contributed by atoms with Gasteiger partial charge in [-0.15, -0.1) is 0 Å². The van der Waals surface area contributed by atoms with Crippen LogP contribution in [0.2, 0.25) is 0 Å². The molecule has 0 aliphatic heterocycles. The lowest BCUT2D eigenvalue weighted by Crippen LogP contribution is -2.36. The zero-order valence-electron chi connectivity index (χ0n) is 11.9. The Kier molecular flexibility index (Phi) is 5.23. The van der Waals surface area contributed by atoms with Crippen LogP contribution in [0.4, 0.5) is 13.6 Å². The summed E-state index contributed by atoms with van der Waals surface area (Å²) in [6, 6.07) is 1.55. The number of carbonyl (C=O) groups excluding carboxylic acids is 1. The third-order valence-corrected chi connectivity index (χ3v) is 2.41. The number of hydrogen-bond acceptors (Lipinski definition) is 3. The molecule has 0 saturated heterocycles. The van der Waals surface area contributed by atoms with Gasteiger partial charge < -0.3 is 15.2 Å². The molecule has 7 heteroatoms. The van der Waals surface area contributed by atoms with E-state index in [0.29, 0.717) is 6.07 Å². The van der Waals surface area contributed by atoms with Crippen LogP contribution in [-0.2, 0) is 9.53 Å². The maximum atomic E-state index is 13.7. The molecule has 2 N–H and O–H groups in total.